The summed E-state index contributed by atoms with van der Waals surface area (Å²) in [4.78, 5) is 0. The third kappa shape index (κ3) is 0.929. The summed E-state index contributed by atoms with van der Waals surface area (Å²) in [6.07, 6.45) is 0. The highest BCUT2D eigenvalue weighted by atomic mass is 32.1. The fourth-order valence-electron chi connectivity index (χ4n) is 1.57. The molecule has 0 aliphatic rings. The molecule has 3 aromatic rings. The van der Waals surface area contributed by atoms with Crippen LogP contribution in [0.2, 0.25) is 0 Å². The van der Waals surface area contributed by atoms with Crippen LogP contribution in [0.5, 0.6) is 0 Å². The van der Waals surface area contributed by atoms with Crippen LogP contribution in [0.25, 0.3) is 20.9 Å². The van der Waals surface area contributed by atoms with Crippen molar-refractivity contribution in [3.8, 4) is 0 Å². The van der Waals surface area contributed by atoms with E-state index in [0.29, 0.717) is 0 Å². The number of hydrogen-bond acceptors (Lipinski definition) is 1. The van der Waals surface area contributed by atoms with E-state index in [1.165, 1.54) is 15.5 Å². The molecule has 1 heterocycles. The van der Waals surface area contributed by atoms with E-state index in [2.05, 4.69) is 41.8 Å². The zero-order valence-corrected chi connectivity index (χ0v) is 7.69. The third-order valence-corrected chi connectivity index (χ3v) is 3.02. The Morgan fingerprint density at radius 1 is 0.923 bits per heavy atom. The van der Waals surface area contributed by atoms with Crippen molar-refractivity contribution in [2.45, 2.75) is 0 Å². The Labute approximate surface area is 80.4 Å². The summed E-state index contributed by atoms with van der Waals surface area (Å²) >= 11 is 1.72. The average molecular weight is 182 g/mol. The van der Waals surface area contributed by atoms with Gasteiger partial charge in [-0.15, -0.1) is 11.3 Å². The molecule has 0 amide bonds. The molecule has 1 heteroatoms. The molecule has 0 saturated heterocycles. The molecule has 0 spiro atoms. The summed E-state index contributed by atoms with van der Waals surface area (Å²) in [5.41, 5.74) is 0. The second-order valence-corrected chi connectivity index (χ2v) is 3.88. The van der Waals surface area contributed by atoms with Crippen LogP contribution in [0.15, 0.2) is 35.7 Å². The first kappa shape index (κ1) is 6.94. The maximum absolute atomic E-state index is 3.17. The summed E-state index contributed by atoms with van der Waals surface area (Å²) in [5.74, 6) is 0. The molecule has 0 radical (unpaired) electrons. The molecule has 0 aliphatic heterocycles. The van der Waals surface area contributed by atoms with Gasteiger partial charge in [-0.1, -0.05) is 30.3 Å². The minimum Gasteiger partial charge on any atom is -0.135 e. The van der Waals surface area contributed by atoms with Gasteiger partial charge in [0, 0.05) is 10.8 Å². The van der Waals surface area contributed by atoms with E-state index in [0.717, 1.165) is 5.39 Å². The SMILES string of the molecule is c1c2ccccc2c2ccsc2c#1. The summed E-state index contributed by atoms with van der Waals surface area (Å²) in [6.45, 7) is 0. The largest absolute Gasteiger partial charge is 0.135 e. The molecule has 1 aromatic heterocycles. The molecule has 0 fully saturated rings. The van der Waals surface area contributed by atoms with Gasteiger partial charge in [-0.25, -0.2) is 0 Å². The molecule has 0 nitrogen and oxygen atoms in total. The van der Waals surface area contributed by atoms with Crippen molar-refractivity contribution in [2.24, 2.45) is 0 Å². The Kier molecular flexibility index (Phi) is 1.32. The molecular formula is C12H6S. The first-order valence-corrected chi connectivity index (χ1v) is 5.02. The first-order chi connectivity index (χ1) is 6.45. The van der Waals surface area contributed by atoms with Gasteiger partial charge < -0.3 is 0 Å². The van der Waals surface area contributed by atoms with Gasteiger partial charge in [-0.2, -0.15) is 0 Å². The Bertz CT molecular complexity index is 563. The van der Waals surface area contributed by atoms with Gasteiger partial charge in [-0.05, 0) is 22.9 Å². The van der Waals surface area contributed by atoms with Crippen molar-refractivity contribution in [1.82, 2.24) is 0 Å². The lowest BCUT2D eigenvalue weighted by Gasteiger charge is -1.93. The van der Waals surface area contributed by atoms with Gasteiger partial charge in [0.2, 0.25) is 0 Å². The summed E-state index contributed by atoms with van der Waals surface area (Å²) in [6, 6.07) is 16.8. The fraction of sp³-hybridized carbons (Fsp3) is 0. The van der Waals surface area contributed by atoms with Crippen molar-refractivity contribution in [1.29, 1.82) is 0 Å². The van der Waals surface area contributed by atoms with Gasteiger partial charge in [-0.3, -0.25) is 0 Å². The standard InChI is InChI=1S/C12H6S/c1-2-4-10-9(3-1)5-6-12-11(10)7-8-13-12/h1-4,7-8H. The molecule has 0 N–H and O–H groups in total. The number of benzene rings is 1. The smallest absolute Gasteiger partial charge is 0.0850 e. The van der Waals surface area contributed by atoms with Crippen molar-refractivity contribution in [3.63, 3.8) is 0 Å². The highest BCUT2D eigenvalue weighted by Gasteiger charge is 1.98. The van der Waals surface area contributed by atoms with Gasteiger partial charge >= 0.3 is 0 Å². The summed E-state index contributed by atoms with van der Waals surface area (Å²) in [5, 5.41) is 5.81. The second kappa shape index (κ2) is 2.48. The van der Waals surface area contributed by atoms with Gasteiger partial charge in [0.1, 0.15) is 0 Å². The van der Waals surface area contributed by atoms with Crippen LogP contribution in [0.4, 0.5) is 0 Å². The minimum atomic E-state index is 1.15. The van der Waals surface area contributed by atoms with Gasteiger partial charge in [0.25, 0.3) is 0 Å². The lowest BCUT2D eigenvalue weighted by atomic mass is 10.1. The van der Waals surface area contributed by atoms with Crippen LogP contribution >= 0.6 is 11.3 Å². The molecule has 0 unspecified atom stereocenters. The van der Waals surface area contributed by atoms with E-state index in [1.807, 2.05) is 6.07 Å². The molecule has 2 aromatic carbocycles. The monoisotopic (exact) mass is 182 g/mol. The third-order valence-electron chi connectivity index (χ3n) is 2.19. The predicted octanol–water partition coefficient (Wildman–Crippen LogP) is 3.65. The lowest BCUT2D eigenvalue weighted by Crippen LogP contribution is -1.68. The highest BCUT2D eigenvalue weighted by Crippen LogP contribution is 2.25. The quantitative estimate of drug-likeness (QED) is 0.497. The summed E-state index contributed by atoms with van der Waals surface area (Å²) < 4.78 is 1.19. The van der Waals surface area contributed by atoms with Gasteiger partial charge in [0.05, 0.1) is 4.70 Å². The maximum atomic E-state index is 3.17. The van der Waals surface area contributed by atoms with Crippen LogP contribution in [0.3, 0.4) is 0 Å². The van der Waals surface area contributed by atoms with E-state index in [9.17, 15) is 0 Å². The van der Waals surface area contributed by atoms with Crippen molar-refractivity contribution < 1.29 is 0 Å². The van der Waals surface area contributed by atoms with Crippen LogP contribution in [-0.4, -0.2) is 0 Å². The second-order valence-electron chi connectivity index (χ2n) is 2.96. The topological polar surface area (TPSA) is 0 Å². The molecule has 0 saturated carbocycles. The molecule has 3 rings (SSSR count). The Balaban J connectivity index is 2.65. The zero-order chi connectivity index (χ0) is 8.67. The summed E-state index contributed by atoms with van der Waals surface area (Å²) in [7, 11) is 0. The van der Waals surface area contributed by atoms with Crippen molar-refractivity contribution in [2.75, 3.05) is 0 Å². The lowest BCUT2D eigenvalue weighted by molar-refractivity contribution is 1.83. The van der Waals surface area contributed by atoms with Crippen molar-refractivity contribution >= 4 is 32.2 Å². The van der Waals surface area contributed by atoms with E-state index in [4.69, 9.17) is 0 Å². The normalized spacial score (nSPS) is 10.5. The van der Waals surface area contributed by atoms with Gasteiger partial charge in [0.15, 0.2) is 0 Å². The Morgan fingerprint density at radius 2 is 1.85 bits per heavy atom. The maximum Gasteiger partial charge on any atom is 0.0850 e. The van der Waals surface area contributed by atoms with E-state index < -0.39 is 0 Å². The Hall–Kier alpha value is -1.52. The van der Waals surface area contributed by atoms with Crippen LogP contribution in [0.1, 0.15) is 0 Å². The van der Waals surface area contributed by atoms with E-state index in [-0.39, 0.29) is 0 Å². The van der Waals surface area contributed by atoms with E-state index in [1.54, 1.807) is 11.3 Å². The molecule has 13 heavy (non-hydrogen) atoms. The van der Waals surface area contributed by atoms with Crippen LogP contribution < -0.4 is 0 Å². The molecule has 0 atom stereocenters. The minimum absolute atomic E-state index is 1.15. The molecule has 0 bridgehead atoms. The number of thiophene rings is 1. The van der Waals surface area contributed by atoms with E-state index >= 15 is 0 Å². The predicted molar refractivity (Wildman–Crippen MR) is 57.0 cm³/mol. The number of rotatable bonds is 0. The van der Waals surface area contributed by atoms with Crippen LogP contribution in [-0.2, 0) is 0 Å². The Morgan fingerprint density at radius 3 is 2.85 bits per heavy atom. The van der Waals surface area contributed by atoms with Crippen molar-refractivity contribution in [3.05, 3.63) is 47.8 Å². The average Bonchev–Trinajstić information content (AvgIpc) is 2.65. The fourth-order valence-corrected chi connectivity index (χ4v) is 2.32. The molecular weight excluding hydrogens is 176 g/mol. The first-order valence-electron chi connectivity index (χ1n) is 4.14. The van der Waals surface area contributed by atoms with Crippen LogP contribution in [0, 0.1) is 12.1 Å². The molecule has 0 aliphatic carbocycles. The highest BCUT2D eigenvalue weighted by molar-refractivity contribution is 7.17. The zero-order valence-electron chi connectivity index (χ0n) is 6.87. The molecule has 60 valence electrons. The number of hydrogen-bond donors (Lipinski definition) is 0. The number of fused-ring (bicyclic) bond motifs is 3.